The van der Waals surface area contributed by atoms with E-state index >= 15 is 0 Å². The number of hydrogen-bond acceptors (Lipinski definition) is 4. The molecule has 6 aromatic rings. The molecule has 0 fully saturated rings. The van der Waals surface area contributed by atoms with Crippen LogP contribution in [-0.4, -0.2) is 24.1 Å². The molecule has 3 heterocycles. The first-order chi connectivity index (χ1) is 17.5. The van der Waals surface area contributed by atoms with Crippen molar-refractivity contribution < 1.29 is 0 Å². The van der Waals surface area contributed by atoms with Gasteiger partial charge >= 0.3 is 0 Å². The summed E-state index contributed by atoms with van der Waals surface area (Å²) in [5, 5.41) is 0.474. The van der Waals surface area contributed by atoms with E-state index in [2.05, 4.69) is 31.2 Å². The van der Waals surface area contributed by atoms with Crippen LogP contribution in [0.4, 0.5) is 0 Å². The Balaban J connectivity index is 1.67. The zero-order chi connectivity index (χ0) is 24.8. The van der Waals surface area contributed by atoms with Crippen molar-refractivity contribution >= 4 is 33.2 Å². The molecule has 0 saturated carbocycles. The standard InChI is InChI=1S/C30H27N5O/c1-4-5-8-21-13-15-22(16-14-21)35-28-26(27-29(35)33-24-10-7-6-9-23(24)32-27)30(36)34(18-31-28)25-17-19(2)11-12-20(25)3/h6-7,9-18H,4-5,8H2,1-3H3. The zero-order valence-corrected chi connectivity index (χ0v) is 20.7. The predicted molar refractivity (Wildman–Crippen MR) is 145 cm³/mol. The third kappa shape index (κ3) is 3.57. The van der Waals surface area contributed by atoms with Gasteiger partial charge in [-0.15, -0.1) is 0 Å². The van der Waals surface area contributed by atoms with E-state index in [1.807, 2.05) is 60.9 Å². The molecule has 6 rings (SSSR count). The molecule has 6 nitrogen and oxygen atoms in total. The maximum absolute atomic E-state index is 14.0. The maximum Gasteiger partial charge on any atom is 0.269 e. The second-order valence-electron chi connectivity index (χ2n) is 9.40. The van der Waals surface area contributed by atoms with E-state index in [1.54, 1.807) is 10.9 Å². The Labute approximate surface area is 208 Å². The van der Waals surface area contributed by atoms with Gasteiger partial charge in [-0.2, -0.15) is 0 Å². The number of aryl methyl sites for hydroxylation is 3. The Kier molecular flexibility index (Phi) is 5.37. The molecular formula is C30H27N5O. The van der Waals surface area contributed by atoms with Gasteiger partial charge in [0.05, 0.1) is 16.7 Å². The third-order valence-electron chi connectivity index (χ3n) is 6.80. The van der Waals surface area contributed by atoms with E-state index in [0.717, 1.165) is 52.8 Å². The van der Waals surface area contributed by atoms with Crippen molar-refractivity contribution in [2.45, 2.75) is 40.0 Å². The molecule has 0 N–H and O–H groups in total. The van der Waals surface area contributed by atoms with Crippen LogP contribution in [0.15, 0.2) is 77.9 Å². The topological polar surface area (TPSA) is 65.6 Å². The van der Waals surface area contributed by atoms with E-state index in [0.29, 0.717) is 22.2 Å². The Morgan fingerprint density at radius 1 is 0.861 bits per heavy atom. The highest BCUT2D eigenvalue weighted by molar-refractivity contribution is 6.05. The largest absolute Gasteiger partial charge is 0.276 e. The van der Waals surface area contributed by atoms with Crippen LogP contribution in [0.1, 0.15) is 36.5 Å². The van der Waals surface area contributed by atoms with Gasteiger partial charge in [0.25, 0.3) is 5.56 Å². The Morgan fingerprint density at radius 2 is 1.61 bits per heavy atom. The van der Waals surface area contributed by atoms with Crippen LogP contribution < -0.4 is 5.56 Å². The number of aromatic nitrogens is 5. The van der Waals surface area contributed by atoms with Crippen LogP contribution in [0.5, 0.6) is 0 Å². The highest BCUT2D eigenvalue weighted by Crippen LogP contribution is 2.29. The van der Waals surface area contributed by atoms with Gasteiger partial charge in [-0.1, -0.05) is 49.7 Å². The van der Waals surface area contributed by atoms with E-state index < -0.39 is 0 Å². The van der Waals surface area contributed by atoms with Crippen molar-refractivity contribution in [1.29, 1.82) is 0 Å². The van der Waals surface area contributed by atoms with Gasteiger partial charge in [-0.05, 0) is 73.7 Å². The summed E-state index contributed by atoms with van der Waals surface area (Å²) in [5.74, 6) is 0. The van der Waals surface area contributed by atoms with Gasteiger partial charge in [0.1, 0.15) is 17.2 Å². The van der Waals surface area contributed by atoms with Gasteiger partial charge in [0, 0.05) is 5.69 Å². The van der Waals surface area contributed by atoms with Crippen LogP contribution in [-0.2, 0) is 6.42 Å². The molecule has 36 heavy (non-hydrogen) atoms. The van der Waals surface area contributed by atoms with Gasteiger partial charge in [-0.25, -0.2) is 15.0 Å². The van der Waals surface area contributed by atoms with Crippen molar-refractivity contribution in [2.24, 2.45) is 0 Å². The molecule has 3 aromatic heterocycles. The van der Waals surface area contributed by atoms with Crippen LogP contribution in [0.3, 0.4) is 0 Å². The highest BCUT2D eigenvalue weighted by atomic mass is 16.1. The summed E-state index contributed by atoms with van der Waals surface area (Å²) >= 11 is 0. The highest BCUT2D eigenvalue weighted by Gasteiger charge is 2.21. The number of hydrogen-bond donors (Lipinski definition) is 0. The molecule has 0 bridgehead atoms. The minimum Gasteiger partial charge on any atom is -0.276 e. The quantitative estimate of drug-likeness (QED) is 0.298. The minimum absolute atomic E-state index is 0.151. The van der Waals surface area contributed by atoms with Crippen LogP contribution in [0.25, 0.3) is 44.6 Å². The molecule has 0 spiro atoms. The average Bonchev–Trinajstić information content (AvgIpc) is 3.22. The Bertz CT molecular complexity index is 1810. The molecule has 0 atom stereocenters. The Hall–Kier alpha value is -4.32. The van der Waals surface area contributed by atoms with Crippen molar-refractivity contribution in [3.8, 4) is 11.4 Å². The molecule has 0 saturated heterocycles. The first kappa shape index (κ1) is 22.2. The molecule has 0 unspecified atom stereocenters. The SMILES string of the molecule is CCCCc1ccc(-n2c3nc4ccccc4nc3c3c(=O)n(-c4cc(C)ccc4C)cnc32)cc1. The number of para-hydroxylation sites is 2. The second kappa shape index (κ2) is 8.72. The number of fused-ring (bicyclic) bond motifs is 4. The van der Waals surface area contributed by atoms with E-state index in [9.17, 15) is 4.79 Å². The van der Waals surface area contributed by atoms with Crippen molar-refractivity contribution in [3.63, 3.8) is 0 Å². The van der Waals surface area contributed by atoms with Crippen molar-refractivity contribution in [2.75, 3.05) is 0 Å². The van der Waals surface area contributed by atoms with E-state index in [4.69, 9.17) is 15.0 Å². The minimum atomic E-state index is -0.151. The summed E-state index contributed by atoms with van der Waals surface area (Å²) in [5.41, 5.74) is 8.26. The molecule has 6 heteroatoms. The lowest BCUT2D eigenvalue weighted by Gasteiger charge is -2.11. The summed E-state index contributed by atoms with van der Waals surface area (Å²) in [7, 11) is 0. The van der Waals surface area contributed by atoms with Crippen molar-refractivity contribution in [1.82, 2.24) is 24.1 Å². The predicted octanol–water partition coefficient (Wildman–Crippen LogP) is 6.23. The molecule has 0 aliphatic heterocycles. The molecule has 0 amide bonds. The van der Waals surface area contributed by atoms with Crippen LogP contribution >= 0.6 is 0 Å². The zero-order valence-electron chi connectivity index (χ0n) is 20.7. The number of rotatable bonds is 5. The van der Waals surface area contributed by atoms with Gasteiger partial charge in [0.15, 0.2) is 11.3 Å². The fraction of sp³-hybridized carbons (Fsp3) is 0.200. The first-order valence-corrected chi connectivity index (χ1v) is 12.4. The van der Waals surface area contributed by atoms with Gasteiger partial charge in [0.2, 0.25) is 0 Å². The number of unbranched alkanes of at least 4 members (excludes halogenated alkanes) is 1. The fourth-order valence-electron chi connectivity index (χ4n) is 4.82. The van der Waals surface area contributed by atoms with Crippen molar-refractivity contribution in [3.05, 3.63) is 100 Å². The summed E-state index contributed by atoms with van der Waals surface area (Å²) in [4.78, 5) is 28.7. The average molecular weight is 474 g/mol. The Morgan fingerprint density at radius 3 is 2.36 bits per heavy atom. The van der Waals surface area contributed by atoms with Gasteiger partial charge in [-0.3, -0.25) is 13.9 Å². The lowest BCUT2D eigenvalue weighted by Crippen LogP contribution is -2.20. The van der Waals surface area contributed by atoms with Gasteiger partial charge < -0.3 is 0 Å². The lowest BCUT2D eigenvalue weighted by molar-refractivity contribution is 0.795. The monoisotopic (exact) mass is 473 g/mol. The normalized spacial score (nSPS) is 11.6. The number of benzene rings is 3. The summed E-state index contributed by atoms with van der Waals surface area (Å²) in [6.07, 6.45) is 4.99. The first-order valence-electron chi connectivity index (χ1n) is 12.4. The van der Waals surface area contributed by atoms with Crippen LogP contribution in [0, 0.1) is 13.8 Å². The molecule has 0 radical (unpaired) electrons. The third-order valence-corrected chi connectivity index (χ3v) is 6.80. The number of nitrogens with zero attached hydrogens (tertiary/aromatic N) is 5. The maximum atomic E-state index is 14.0. The fourth-order valence-corrected chi connectivity index (χ4v) is 4.82. The molecule has 178 valence electrons. The van der Waals surface area contributed by atoms with Crippen LogP contribution in [0.2, 0.25) is 0 Å². The smallest absolute Gasteiger partial charge is 0.269 e. The van der Waals surface area contributed by atoms with E-state index in [-0.39, 0.29) is 5.56 Å². The lowest BCUT2D eigenvalue weighted by atomic mass is 10.1. The molecule has 3 aromatic carbocycles. The second-order valence-corrected chi connectivity index (χ2v) is 9.40. The van der Waals surface area contributed by atoms with E-state index in [1.165, 1.54) is 5.56 Å². The summed E-state index contributed by atoms with van der Waals surface area (Å²) in [6.45, 7) is 6.22. The summed E-state index contributed by atoms with van der Waals surface area (Å²) < 4.78 is 3.59. The summed E-state index contributed by atoms with van der Waals surface area (Å²) in [6, 6.07) is 22.3. The molecule has 0 aliphatic carbocycles. The molecular weight excluding hydrogens is 446 g/mol. The molecule has 0 aliphatic rings.